The summed E-state index contributed by atoms with van der Waals surface area (Å²) in [5.74, 6) is -0.480. The Morgan fingerprint density at radius 3 is 2.94 bits per heavy atom. The number of carbonyl (C=O) groups is 2. The number of likely N-dealkylation sites (N-methyl/N-ethyl adjacent to an activating group) is 1. The number of amides is 2. The average Bonchev–Trinajstić information content (AvgIpc) is 2.83. The Labute approximate surface area is 104 Å². The molecule has 94 valence electrons. The first-order chi connectivity index (χ1) is 8.70. The van der Waals surface area contributed by atoms with Crippen LogP contribution in [0.3, 0.4) is 0 Å². The lowest BCUT2D eigenvalue weighted by atomic mass is 10.2. The number of aromatic nitrogens is 2. The largest absolute Gasteiger partial charge is 0.355 e. The fourth-order valence-electron chi connectivity index (χ4n) is 1.60. The van der Waals surface area contributed by atoms with Crippen molar-refractivity contribution in [2.24, 2.45) is 0 Å². The molecule has 1 aromatic heterocycles. The maximum absolute atomic E-state index is 11.8. The number of benzene rings is 1. The van der Waals surface area contributed by atoms with E-state index in [9.17, 15) is 9.59 Å². The van der Waals surface area contributed by atoms with Crippen LogP contribution in [0.1, 0.15) is 17.3 Å². The van der Waals surface area contributed by atoms with Gasteiger partial charge in [0, 0.05) is 12.1 Å². The first-order valence-electron chi connectivity index (χ1n) is 5.68. The molecule has 0 saturated heterocycles. The molecule has 0 aliphatic carbocycles. The van der Waals surface area contributed by atoms with Crippen LogP contribution in [0.5, 0.6) is 0 Å². The van der Waals surface area contributed by atoms with E-state index < -0.39 is 0 Å². The van der Waals surface area contributed by atoms with Crippen LogP contribution in [0, 0.1) is 0 Å². The minimum atomic E-state index is -0.280. The predicted octanol–water partition coefficient (Wildman–Crippen LogP) is 0.429. The van der Waals surface area contributed by atoms with Gasteiger partial charge in [0.2, 0.25) is 5.91 Å². The zero-order valence-electron chi connectivity index (χ0n) is 9.99. The van der Waals surface area contributed by atoms with Gasteiger partial charge in [0.15, 0.2) is 0 Å². The van der Waals surface area contributed by atoms with Crippen LogP contribution < -0.4 is 10.6 Å². The molecule has 0 unspecified atom stereocenters. The third-order valence-corrected chi connectivity index (χ3v) is 2.47. The van der Waals surface area contributed by atoms with Gasteiger partial charge in [-0.25, -0.2) is 4.98 Å². The number of fused-ring (bicyclic) bond motifs is 1. The maximum Gasteiger partial charge on any atom is 0.251 e. The van der Waals surface area contributed by atoms with Crippen molar-refractivity contribution >= 4 is 22.8 Å². The maximum atomic E-state index is 11.8. The second-order valence-electron chi connectivity index (χ2n) is 3.77. The lowest BCUT2D eigenvalue weighted by Crippen LogP contribution is -2.36. The highest BCUT2D eigenvalue weighted by atomic mass is 16.2. The molecule has 1 aromatic carbocycles. The lowest BCUT2D eigenvalue weighted by Gasteiger charge is -2.05. The number of aromatic amines is 1. The van der Waals surface area contributed by atoms with Gasteiger partial charge in [-0.15, -0.1) is 0 Å². The van der Waals surface area contributed by atoms with Crippen molar-refractivity contribution in [1.29, 1.82) is 0 Å². The van der Waals surface area contributed by atoms with E-state index in [4.69, 9.17) is 0 Å². The van der Waals surface area contributed by atoms with E-state index in [1.54, 1.807) is 24.5 Å². The highest BCUT2D eigenvalue weighted by molar-refractivity contribution is 5.98. The molecule has 0 bridgehead atoms. The minimum absolute atomic E-state index is 0.0202. The first-order valence-corrected chi connectivity index (χ1v) is 5.68. The molecule has 3 N–H and O–H groups in total. The highest BCUT2D eigenvalue weighted by Crippen LogP contribution is 2.11. The monoisotopic (exact) mass is 246 g/mol. The summed E-state index contributed by atoms with van der Waals surface area (Å²) >= 11 is 0. The van der Waals surface area contributed by atoms with Crippen molar-refractivity contribution in [2.45, 2.75) is 6.92 Å². The molecule has 2 amide bonds. The van der Waals surface area contributed by atoms with E-state index in [0.29, 0.717) is 12.1 Å². The summed E-state index contributed by atoms with van der Waals surface area (Å²) in [5.41, 5.74) is 2.09. The van der Waals surface area contributed by atoms with Gasteiger partial charge in [0.05, 0.1) is 23.9 Å². The van der Waals surface area contributed by atoms with Gasteiger partial charge in [0.25, 0.3) is 5.91 Å². The van der Waals surface area contributed by atoms with Gasteiger partial charge >= 0.3 is 0 Å². The SMILES string of the molecule is CCNC(=O)CNC(=O)c1ccc2nc[nH]c2c1. The third-order valence-electron chi connectivity index (χ3n) is 2.47. The Kier molecular flexibility index (Phi) is 3.57. The number of hydrogen-bond acceptors (Lipinski definition) is 3. The highest BCUT2D eigenvalue weighted by Gasteiger charge is 2.08. The van der Waals surface area contributed by atoms with Gasteiger partial charge < -0.3 is 15.6 Å². The summed E-state index contributed by atoms with van der Waals surface area (Å²) in [4.78, 5) is 30.0. The van der Waals surface area contributed by atoms with Crippen molar-refractivity contribution in [3.8, 4) is 0 Å². The molecule has 0 atom stereocenters. The molecular formula is C12H14N4O2. The second-order valence-corrected chi connectivity index (χ2v) is 3.77. The summed E-state index contributed by atoms with van der Waals surface area (Å²) in [6, 6.07) is 5.14. The third kappa shape index (κ3) is 2.65. The van der Waals surface area contributed by atoms with Crippen molar-refractivity contribution in [3.63, 3.8) is 0 Å². The minimum Gasteiger partial charge on any atom is -0.355 e. The number of rotatable bonds is 4. The molecule has 0 aliphatic rings. The number of hydrogen-bond donors (Lipinski definition) is 3. The van der Waals surface area contributed by atoms with Crippen LogP contribution in [-0.4, -0.2) is 34.9 Å². The Bertz CT molecular complexity index is 576. The Morgan fingerprint density at radius 2 is 2.17 bits per heavy atom. The van der Waals surface area contributed by atoms with Gasteiger partial charge in [-0.3, -0.25) is 9.59 Å². The zero-order valence-corrected chi connectivity index (χ0v) is 9.99. The zero-order chi connectivity index (χ0) is 13.0. The molecule has 1 heterocycles. The molecular weight excluding hydrogens is 232 g/mol. The van der Waals surface area contributed by atoms with E-state index >= 15 is 0 Å². The number of nitrogens with one attached hydrogen (secondary N) is 3. The van der Waals surface area contributed by atoms with Gasteiger partial charge in [0.1, 0.15) is 0 Å². The van der Waals surface area contributed by atoms with Crippen molar-refractivity contribution in [1.82, 2.24) is 20.6 Å². The number of carbonyl (C=O) groups excluding carboxylic acids is 2. The lowest BCUT2D eigenvalue weighted by molar-refractivity contribution is -0.120. The number of H-pyrrole nitrogens is 1. The van der Waals surface area contributed by atoms with E-state index in [0.717, 1.165) is 11.0 Å². The number of imidazole rings is 1. The summed E-state index contributed by atoms with van der Waals surface area (Å²) in [6.45, 7) is 2.36. The molecule has 0 aliphatic heterocycles. The van der Waals surface area contributed by atoms with E-state index in [2.05, 4.69) is 20.6 Å². The molecule has 0 fully saturated rings. The second kappa shape index (κ2) is 5.31. The molecule has 2 aromatic rings. The summed E-state index contributed by atoms with van der Waals surface area (Å²) in [5, 5.41) is 5.16. The van der Waals surface area contributed by atoms with E-state index in [1.807, 2.05) is 6.92 Å². The molecule has 6 heteroatoms. The Balaban J connectivity index is 2.02. The van der Waals surface area contributed by atoms with Crippen LogP contribution >= 0.6 is 0 Å². The van der Waals surface area contributed by atoms with Crippen LogP contribution in [0.25, 0.3) is 11.0 Å². The summed E-state index contributed by atoms with van der Waals surface area (Å²) in [6.07, 6.45) is 1.57. The first kappa shape index (κ1) is 12.1. The average molecular weight is 246 g/mol. The molecule has 18 heavy (non-hydrogen) atoms. The fraction of sp³-hybridized carbons (Fsp3) is 0.250. The molecule has 2 rings (SSSR count). The standard InChI is InChI=1S/C12H14N4O2/c1-2-13-11(17)6-14-12(18)8-3-4-9-10(5-8)16-7-15-9/h3-5,7H,2,6H2,1H3,(H,13,17)(H,14,18)(H,15,16). The smallest absolute Gasteiger partial charge is 0.251 e. The van der Waals surface area contributed by atoms with Gasteiger partial charge in [-0.05, 0) is 25.1 Å². The van der Waals surface area contributed by atoms with Crippen molar-refractivity contribution < 1.29 is 9.59 Å². The molecule has 0 saturated carbocycles. The van der Waals surface area contributed by atoms with E-state index in [1.165, 1.54) is 0 Å². The quantitative estimate of drug-likeness (QED) is 0.731. The van der Waals surface area contributed by atoms with Crippen molar-refractivity contribution in [2.75, 3.05) is 13.1 Å². The topological polar surface area (TPSA) is 86.9 Å². The molecule has 0 radical (unpaired) electrons. The van der Waals surface area contributed by atoms with Crippen LogP contribution in [0.15, 0.2) is 24.5 Å². The Morgan fingerprint density at radius 1 is 1.33 bits per heavy atom. The predicted molar refractivity (Wildman–Crippen MR) is 67.1 cm³/mol. The van der Waals surface area contributed by atoms with Crippen LogP contribution in [-0.2, 0) is 4.79 Å². The summed E-state index contributed by atoms with van der Waals surface area (Å²) < 4.78 is 0. The van der Waals surface area contributed by atoms with E-state index in [-0.39, 0.29) is 18.4 Å². The summed E-state index contributed by atoms with van der Waals surface area (Å²) in [7, 11) is 0. The van der Waals surface area contributed by atoms with Crippen LogP contribution in [0.2, 0.25) is 0 Å². The van der Waals surface area contributed by atoms with Crippen molar-refractivity contribution in [3.05, 3.63) is 30.1 Å². The molecule has 0 spiro atoms. The van der Waals surface area contributed by atoms with Gasteiger partial charge in [-0.1, -0.05) is 0 Å². The number of nitrogens with zero attached hydrogens (tertiary/aromatic N) is 1. The van der Waals surface area contributed by atoms with Crippen LogP contribution in [0.4, 0.5) is 0 Å². The normalized spacial score (nSPS) is 10.3. The fourth-order valence-corrected chi connectivity index (χ4v) is 1.60. The Hall–Kier alpha value is -2.37. The molecule has 6 nitrogen and oxygen atoms in total. The van der Waals surface area contributed by atoms with Gasteiger partial charge in [-0.2, -0.15) is 0 Å².